The molecule has 180 valence electrons. The van der Waals surface area contributed by atoms with E-state index in [1.54, 1.807) is 6.07 Å². The van der Waals surface area contributed by atoms with Gasteiger partial charge in [-0.15, -0.1) is 10.2 Å². The Balaban J connectivity index is 1.34. The fourth-order valence-corrected chi connectivity index (χ4v) is 4.74. The van der Waals surface area contributed by atoms with Gasteiger partial charge in [0.05, 0.1) is 5.75 Å². The second-order valence-electron chi connectivity index (χ2n) is 8.14. The molecular weight excluding hydrogens is 492 g/mol. The average Bonchev–Trinajstić information content (AvgIpc) is 3.31. The van der Waals surface area contributed by atoms with Crippen molar-refractivity contribution in [2.45, 2.75) is 18.7 Å². The van der Waals surface area contributed by atoms with Crippen LogP contribution in [-0.2, 0) is 11.4 Å². The van der Waals surface area contributed by atoms with Crippen LogP contribution in [0.1, 0.15) is 11.4 Å². The molecule has 0 aliphatic carbocycles. The van der Waals surface area contributed by atoms with E-state index in [0.29, 0.717) is 21.7 Å². The molecule has 0 spiro atoms. The number of anilines is 1. The minimum Gasteiger partial charge on any atom is -0.485 e. The van der Waals surface area contributed by atoms with Crippen LogP contribution >= 0.6 is 23.4 Å². The Morgan fingerprint density at radius 1 is 0.972 bits per heavy atom. The highest BCUT2D eigenvalue weighted by molar-refractivity contribution is 7.99. The topological polar surface area (TPSA) is 69.0 Å². The number of aryl methyl sites for hydroxylation is 1. The fourth-order valence-electron chi connectivity index (χ4n) is 3.79. The zero-order valence-corrected chi connectivity index (χ0v) is 21.1. The molecule has 5 rings (SSSR count). The molecule has 5 aromatic rings. The Bertz CT molecular complexity index is 1520. The zero-order valence-electron chi connectivity index (χ0n) is 19.5. The molecule has 8 heteroatoms. The lowest BCUT2D eigenvalue weighted by Gasteiger charge is -2.12. The first-order valence-corrected chi connectivity index (χ1v) is 12.7. The summed E-state index contributed by atoms with van der Waals surface area (Å²) in [5, 5.41) is 15.0. The number of rotatable bonds is 8. The first-order chi connectivity index (χ1) is 17.6. The SMILES string of the molecule is Cc1ccc(NC(=O)CSc2nnc(COc3cccc4ccccc34)n2-c2ccccc2)cc1Cl. The van der Waals surface area contributed by atoms with Gasteiger partial charge in [-0.05, 0) is 48.2 Å². The van der Waals surface area contributed by atoms with E-state index in [2.05, 4.69) is 27.6 Å². The van der Waals surface area contributed by atoms with E-state index >= 15 is 0 Å². The van der Waals surface area contributed by atoms with Crippen LogP contribution in [0.3, 0.4) is 0 Å². The van der Waals surface area contributed by atoms with Crippen LogP contribution in [0.25, 0.3) is 16.5 Å². The smallest absolute Gasteiger partial charge is 0.234 e. The molecule has 0 saturated carbocycles. The number of ether oxygens (including phenoxy) is 1. The summed E-state index contributed by atoms with van der Waals surface area (Å²) in [7, 11) is 0. The summed E-state index contributed by atoms with van der Waals surface area (Å²) in [5.41, 5.74) is 2.51. The molecule has 0 radical (unpaired) electrons. The predicted octanol–water partition coefficient (Wildman–Crippen LogP) is 6.69. The van der Waals surface area contributed by atoms with Crippen molar-refractivity contribution in [1.82, 2.24) is 14.8 Å². The zero-order chi connectivity index (χ0) is 24.9. The van der Waals surface area contributed by atoms with Crippen LogP contribution in [0.15, 0.2) is 96.2 Å². The molecule has 1 amide bonds. The van der Waals surface area contributed by atoms with E-state index in [1.807, 2.05) is 84.3 Å². The van der Waals surface area contributed by atoms with Crippen LogP contribution < -0.4 is 10.1 Å². The molecule has 36 heavy (non-hydrogen) atoms. The standard InChI is InChI=1S/C28H23ClN4O2S/c1-19-14-15-21(16-24(19)29)30-27(34)18-36-28-32-31-26(33(28)22-10-3-2-4-11-22)17-35-25-13-7-9-20-8-5-6-12-23(20)25/h2-16H,17-18H2,1H3,(H,30,34). The maximum absolute atomic E-state index is 12.6. The molecular formula is C28H23ClN4O2S. The highest BCUT2D eigenvalue weighted by Gasteiger charge is 2.17. The molecule has 0 aliphatic heterocycles. The lowest BCUT2D eigenvalue weighted by Crippen LogP contribution is -2.15. The number of carbonyl (C=O) groups is 1. The summed E-state index contributed by atoms with van der Waals surface area (Å²) in [6, 6.07) is 29.3. The third-order valence-corrected chi connectivity index (χ3v) is 6.95. The number of aromatic nitrogens is 3. The number of hydrogen-bond donors (Lipinski definition) is 1. The molecule has 6 nitrogen and oxygen atoms in total. The van der Waals surface area contributed by atoms with Crippen molar-refractivity contribution in [2.24, 2.45) is 0 Å². The third kappa shape index (κ3) is 5.37. The number of nitrogens with zero attached hydrogens (tertiary/aromatic N) is 3. The van der Waals surface area contributed by atoms with E-state index in [0.717, 1.165) is 27.8 Å². The average molecular weight is 515 g/mol. The van der Waals surface area contributed by atoms with Crippen LogP contribution in [0, 0.1) is 6.92 Å². The van der Waals surface area contributed by atoms with Gasteiger partial charge in [-0.25, -0.2) is 0 Å². The lowest BCUT2D eigenvalue weighted by atomic mass is 10.1. The maximum Gasteiger partial charge on any atom is 0.234 e. The van der Waals surface area contributed by atoms with Crippen molar-refractivity contribution >= 4 is 45.7 Å². The van der Waals surface area contributed by atoms with Crippen LogP contribution in [-0.4, -0.2) is 26.4 Å². The van der Waals surface area contributed by atoms with Gasteiger partial charge in [-0.2, -0.15) is 0 Å². The summed E-state index contributed by atoms with van der Waals surface area (Å²) in [6.45, 7) is 2.15. The highest BCUT2D eigenvalue weighted by Crippen LogP contribution is 2.28. The lowest BCUT2D eigenvalue weighted by molar-refractivity contribution is -0.113. The monoisotopic (exact) mass is 514 g/mol. The Morgan fingerprint density at radius 2 is 1.75 bits per heavy atom. The molecule has 0 bridgehead atoms. The van der Waals surface area contributed by atoms with Gasteiger partial charge in [0.25, 0.3) is 0 Å². The number of hydrogen-bond acceptors (Lipinski definition) is 5. The van der Waals surface area contributed by atoms with E-state index < -0.39 is 0 Å². The van der Waals surface area contributed by atoms with Crippen molar-refractivity contribution in [2.75, 3.05) is 11.1 Å². The Labute approximate surface area is 218 Å². The molecule has 0 saturated heterocycles. The quantitative estimate of drug-likeness (QED) is 0.233. The number of fused-ring (bicyclic) bond motifs is 1. The molecule has 4 aromatic carbocycles. The van der Waals surface area contributed by atoms with E-state index in [4.69, 9.17) is 16.3 Å². The summed E-state index contributed by atoms with van der Waals surface area (Å²) in [5.74, 6) is 1.43. The number of halogens is 1. The van der Waals surface area contributed by atoms with Gasteiger partial charge >= 0.3 is 0 Å². The van der Waals surface area contributed by atoms with Gasteiger partial charge in [0.1, 0.15) is 12.4 Å². The van der Waals surface area contributed by atoms with Crippen molar-refractivity contribution in [1.29, 1.82) is 0 Å². The van der Waals surface area contributed by atoms with Gasteiger partial charge in [0, 0.05) is 21.8 Å². The van der Waals surface area contributed by atoms with E-state index in [-0.39, 0.29) is 18.3 Å². The predicted molar refractivity (Wildman–Crippen MR) is 145 cm³/mol. The Kier molecular flexibility index (Phi) is 7.21. The third-order valence-electron chi connectivity index (χ3n) is 5.61. The normalized spacial score (nSPS) is 10.9. The number of benzene rings is 4. The summed E-state index contributed by atoms with van der Waals surface area (Å²) in [6.07, 6.45) is 0. The summed E-state index contributed by atoms with van der Waals surface area (Å²) in [4.78, 5) is 12.6. The second-order valence-corrected chi connectivity index (χ2v) is 9.49. The maximum atomic E-state index is 12.6. The van der Waals surface area contributed by atoms with Gasteiger partial charge in [-0.1, -0.05) is 84.0 Å². The number of carbonyl (C=O) groups excluding carboxylic acids is 1. The van der Waals surface area contributed by atoms with E-state index in [1.165, 1.54) is 11.8 Å². The van der Waals surface area contributed by atoms with Crippen molar-refractivity contribution < 1.29 is 9.53 Å². The summed E-state index contributed by atoms with van der Waals surface area (Å²) < 4.78 is 8.10. The van der Waals surface area contributed by atoms with Gasteiger partial charge < -0.3 is 10.1 Å². The first kappa shape index (κ1) is 23.9. The molecule has 1 N–H and O–H groups in total. The minimum absolute atomic E-state index is 0.156. The Hall–Kier alpha value is -3.81. The molecule has 0 atom stereocenters. The summed E-state index contributed by atoms with van der Waals surface area (Å²) >= 11 is 7.49. The molecule has 0 aliphatic rings. The van der Waals surface area contributed by atoms with E-state index in [9.17, 15) is 4.79 Å². The first-order valence-electron chi connectivity index (χ1n) is 11.4. The molecule has 0 fully saturated rings. The minimum atomic E-state index is -0.156. The Morgan fingerprint density at radius 3 is 2.58 bits per heavy atom. The van der Waals surface area contributed by atoms with Gasteiger partial charge in [-0.3, -0.25) is 9.36 Å². The number of para-hydroxylation sites is 1. The number of nitrogens with one attached hydrogen (secondary N) is 1. The number of amides is 1. The largest absolute Gasteiger partial charge is 0.485 e. The molecule has 0 unspecified atom stereocenters. The highest BCUT2D eigenvalue weighted by atomic mass is 35.5. The van der Waals surface area contributed by atoms with Gasteiger partial charge in [0.2, 0.25) is 5.91 Å². The van der Waals surface area contributed by atoms with Crippen LogP contribution in [0.2, 0.25) is 5.02 Å². The van der Waals surface area contributed by atoms with Crippen LogP contribution in [0.4, 0.5) is 5.69 Å². The number of thioether (sulfide) groups is 1. The van der Waals surface area contributed by atoms with Crippen molar-refractivity contribution in [3.05, 3.63) is 107 Å². The van der Waals surface area contributed by atoms with Gasteiger partial charge in [0.15, 0.2) is 11.0 Å². The van der Waals surface area contributed by atoms with Crippen molar-refractivity contribution in [3.63, 3.8) is 0 Å². The molecule has 1 heterocycles. The fraction of sp³-hybridized carbons (Fsp3) is 0.107. The molecule has 1 aromatic heterocycles. The second kappa shape index (κ2) is 10.8. The van der Waals surface area contributed by atoms with Crippen LogP contribution in [0.5, 0.6) is 5.75 Å². The van der Waals surface area contributed by atoms with Crippen molar-refractivity contribution in [3.8, 4) is 11.4 Å².